The Labute approximate surface area is 212 Å². The summed E-state index contributed by atoms with van der Waals surface area (Å²) in [4.78, 5) is 11.8. The number of aromatic nitrogens is 2. The molecule has 8 nitrogen and oxygen atoms in total. The Morgan fingerprint density at radius 1 is 1.19 bits per heavy atom. The van der Waals surface area contributed by atoms with Gasteiger partial charge in [0, 0.05) is 24.7 Å². The van der Waals surface area contributed by atoms with Crippen molar-refractivity contribution < 1.29 is 26.7 Å². The number of terminal acetylenes is 1. The Bertz CT molecular complexity index is 1540. The number of hydrogen-bond acceptors (Lipinski definition) is 6. The Morgan fingerprint density at radius 3 is 2.49 bits per heavy atom. The molecule has 2 atom stereocenters. The third kappa shape index (κ3) is 4.19. The highest BCUT2D eigenvalue weighted by molar-refractivity contribution is 7.89. The number of hydrogen-bond donors (Lipinski definition) is 1. The van der Waals surface area contributed by atoms with E-state index in [2.05, 4.69) is 11.0 Å². The third-order valence-corrected chi connectivity index (χ3v) is 9.61. The predicted molar refractivity (Wildman–Crippen MR) is 130 cm³/mol. The SMILES string of the molecule is C#C[C@H]1CC[C@H](c2ccccc2)S(=O)(=O)N1Cc1cc(F)c(C2(c3nn(C)c(=O)o3)CC(O)C2)cc1F. The van der Waals surface area contributed by atoms with E-state index in [9.17, 15) is 18.3 Å². The maximum Gasteiger partial charge on any atom is 0.436 e. The highest BCUT2D eigenvalue weighted by Crippen LogP contribution is 2.49. The average Bonchev–Trinajstić information content (AvgIpc) is 3.18. The maximum atomic E-state index is 15.5. The van der Waals surface area contributed by atoms with E-state index in [1.54, 1.807) is 30.3 Å². The van der Waals surface area contributed by atoms with Crippen molar-refractivity contribution in [2.75, 3.05) is 0 Å². The minimum absolute atomic E-state index is 0.0128. The van der Waals surface area contributed by atoms with Crippen molar-refractivity contribution in [2.45, 2.75) is 55.0 Å². The summed E-state index contributed by atoms with van der Waals surface area (Å²) in [6, 6.07) is 9.80. The van der Waals surface area contributed by atoms with Crippen LogP contribution in [-0.2, 0) is 29.0 Å². The predicted octanol–water partition coefficient (Wildman–Crippen LogP) is 2.76. The summed E-state index contributed by atoms with van der Waals surface area (Å²) < 4.78 is 65.3. The number of aryl methyl sites for hydroxylation is 1. The number of rotatable bonds is 5. The molecule has 1 aliphatic heterocycles. The molecule has 37 heavy (non-hydrogen) atoms. The van der Waals surface area contributed by atoms with Gasteiger partial charge in [0.25, 0.3) is 0 Å². The molecule has 0 radical (unpaired) electrons. The molecule has 2 heterocycles. The lowest BCUT2D eigenvalue weighted by Gasteiger charge is -2.43. The lowest BCUT2D eigenvalue weighted by Crippen LogP contribution is -2.47. The van der Waals surface area contributed by atoms with E-state index in [1.165, 1.54) is 7.05 Å². The van der Waals surface area contributed by atoms with Crippen LogP contribution in [0.2, 0.25) is 0 Å². The first-order valence-corrected chi connectivity index (χ1v) is 13.3. The number of aliphatic hydroxyl groups is 1. The normalized spacial score (nSPS) is 27.4. The molecule has 11 heteroatoms. The van der Waals surface area contributed by atoms with Gasteiger partial charge in [-0.05, 0) is 43.4 Å². The van der Waals surface area contributed by atoms with Gasteiger partial charge in [0.1, 0.15) is 16.9 Å². The van der Waals surface area contributed by atoms with E-state index in [0.717, 1.165) is 21.1 Å². The molecule has 0 unspecified atom stereocenters. The summed E-state index contributed by atoms with van der Waals surface area (Å²) in [5, 5.41) is 13.1. The largest absolute Gasteiger partial charge is 0.436 e. The zero-order valence-corrected chi connectivity index (χ0v) is 20.8. The van der Waals surface area contributed by atoms with Gasteiger partial charge in [-0.2, -0.15) is 8.99 Å². The fourth-order valence-electron chi connectivity index (χ4n) is 5.35. The van der Waals surface area contributed by atoms with E-state index < -0.39 is 56.8 Å². The molecule has 0 bridgehead atoms. The molecule has 1 saturated heterocycles. The Hall–Kier alpha value is -3.33. The van der Waals surface area contributed by atoms with Gasteiger partial charge in [-0.1, -0.05) is 36.3 Å². The maximum absolute atomic E-state index is 15.5. The van der Waals surface area contributed by atoms with Crippen LogP contribution in [0.5, 0.6) is 0 Å². The van der Waals surface area contributed by atoms with Crippen LogP contribution in [0.25, 0.3) is 0 Å². The minimum atomic E-state index is -3.98. The quantitative estimate of drug-likeness (QED) is 0.510. The molecule has 1 N–H and O–H groups in total. The highest BCUT2D eigenvalue weighted by atomic mass is 32.2. The van der Waals surface area contributed by atoms with Crippen molar-refractivity contribution in [3.8, 4) is 12.3 Å². The van der Waals surface area contributed by atoms with Gasteiger partial charge in [-0.15, -0.1) is 11.5 Å². The number of aliphatic hydroxyl groups excluding tert-OH is 1. The first-order chi connectivity index (χ1) is 17.6. The van der Waals surface area contributed by atoms with E-state index in [4.69, 9.17) is 10.8 Å². The van der Waals surface area contributed by atoms with E-state index in [0.29, 0.717) is 18.4 Å². The second kappa shape index (κ2) is 9.20. The van der Waals surface area contributed by atoms with Gasteiger partial charge >= 0.3 is 5.76 Å². The lowest BCUT2D eigenvalue weighted by molar-refractivity contribution is 0.0226. The van der Waals surface area contributed by atoms with Gasteiger partial charge in [0.05, 0.1) is 17.6 Å². The average molecular weight is 530 g/mol. The highest BCUT2D eigenvalue weighted by Gasteiger charge is 2.52. The van der Waals surface area contributed by atoms with E-state index in [1.807, 2.05) is 0 Å². The molecule has 194 valence electrons. The van der Waals surface area contributed by atoms with Crippen LogP contribution in [0.3, 0.4) is 0 Å². The summed E-state index contributed by atoms with van der Waals surface area (Å²) in [6.07, 6.45) is 5.48. The Morgan fingerprint density at radius 2 is 1.89 bits per heavy atom. The zero-order chi connectivity index (χ0) is 26.5. The van der Waals surface area contributed by atoms with Crippen molar-refractivity contribution >= 4 is 10.0 Å². The van der Waals surface area contributed by atoms with Crippen LogP contribution >= 0.6 is 0 Å². The second-order valence-electron chi connectivity index (χ2n) is 9.61. The molecular formula is C26H25F2N3O5S. The molecule has 0 amide bonds. The molecule has 0 spiro atoms. The first kappa shape index (κ1) is 25.3. The Balaban J connectivity index is 1.51. The van der Waals surface area contributed by atoms with Crippen LogP contribution in [0.15, 0.2) is 51.7 Å². The summed E-state index contributed by atoms with van der Waals surface area (Å²) in [6.45, 7) is -0.447. The summed E-state index contributed by atoms with van der Waals surface area (Å²) in [5.74, 6) is -0.0852. The third-order valence-electron chi connectivity index (χ3n) is 7.34. The van der Waals surface area contributed by atoms with Crippen LogP contribution < -0.4 is 5.76 Å². The summed E-state index contributed by atoms with van der Waals surface area (Å²) in [5.41, 5.74) is -1.03. The molecule has 3 aromatic rings. The first-order valence-electron chi connectivity index (χ1n) is 11.8. The fourth-order valence-corrected chi connectivity index (χ4v) is 7.46. The summed E-state index contributed by atoms with van der Waals surface area (Å²) in [7, 11) is -2.62. The minimum Gasteiger partial charge on any atom is -0.393 e. The molecular weight excluding hydrogens is 504 g/mol. The molecule has 2 aromatic carbocycles. The summed E-state index contributed by atoms with van der Waals surface area (Å²) >= 11 is 0. The van der Waals surface area contributed by atoms with E-state index in [-0.39, 0.29) is 29.9 Å². The van der Waals surface area contributed by atoms with Crippen molar-refractivity contribution in [1.29, 1.82) is 0 Å². The fraction of sp³-hybridized carbons (Fsp3) is 0.385. The second-order valence-corrected chi connectivity index (χ2v) is 11.7. The lowest BCUT2D eigenvalue weighted by atomic mass is 9.62. The number of benzene rings is 2. The van der Waals surface area contributed by atoms with Crippen molar-refractivity contribution in [2.24, 2.45) is 7.05 Å². The van der Waals surface area contributed by atoms with Crippen LogP contribution in [0.4, 0.5) is 8.78 Å². The van der Waals surface area contributed by atoms with E-state index >= 15 is 8.78 Å². The molecule has 1 saturated carbocycles. The molecule has 1 aromatic heterocycles. The van der Waals surface area contributed by atoms with Crippen molar-refractivity contribution in [3.63, 3.8) is 0 Å². The number of halogens is 2. The topological polar surface area (TPSA) is 106 Å². The number of sulfonamides is 1. The molecule has 1 aliphatic carbocycles. The van der Waals surface area contributed by atoms with Gasteiger partial charge in [-0.3, -0.25) is 0 Å². The van der Waals surface area contributed by atoms with Crippen LogP contribution in [0.1, 0.15) is 53.5 Å². The molecule has 2 aliphatic rings. The molecule has 2 fully saturated rings. The zero-order valence-electron chi connectivity index (χ0n) is 20.0. The van der Waals surface area contributed by atoms with Crippen LogP contribution in [-0.4, -0.2) is 39.8 Å². The molecule has 5 rings (SSSR count). The standard InChI is InChI=1S/C26H25F2N3O5S/c1-3-18-9-10-23(16-7-5-4-6-8-16)37(34,35)31(18)15-17-11-22(28)20(12-21(17)27)26(13-19(32)14-26)24-29-30(2)25(33)36-24/h1,4-8,11-12,18-19,23,32H,9-10,13-15H2,2H3/t18-,19?,23+,26?/m0/s1. The monoisotopic (exact) mass is 529 g/mol. The van der Waals surface area contributed by atoms with Gasteiger partial charge in [0.2, 0.25) is 15.9 Å². The van der Waals surface area contributed by atoms with Crippen molar-refractivity contribution in [3.05, 3.63) is 87.2 Å². The number of nitrogens with zero attached hydrogens (tertiary/aromatic N) is 3. The van der Waals surface area contributed by atoms with Crippen molar-refractivity contribution in [1.82, 2.24) is 14.1 Å². The smallest absolute Gasteiger partial charge is 0.393 e. The van der Waals surface area contributed by atoms with Gasteiger partial charge in [0.15, 0.2) is 0 Å². The Kier molecular flexibility index (Phi) is 6.30. The van der Waals surface area contributed by atoms with Gasteiger partial charge in [-0.25, -0.2) is 22.0 Å². The van der Waals surface area contributed by atoms with Gasteiger partial charge < -0.3 is 9.52 Å². The van der Waals surface area contributed by atoms with Crippen LogP contribution in [0, 0.1) is 24.0 Å².